The number of hydrogen-bond donors (Lipinski definition) is 1. The van der Waals surface area contributed by atoms with Crippen molar-refractivity contribution in [3.05, 3.63) is 35.2 Å². The predicted octanol–water partition coefficient (Wildman–Crippen LogP) is 2.87. The van der Waals surface area contributed by atoms with Crippen LogP contribution in [0.4, 0.5) is 5.13 Å². The van der Waals surface area contributed by atoms with E-state index in [1.165, 1.54) is 4.88 Å². The average molecular weight is 265 g/mol. The van der Waals surface area contributed by atoms with Gasteiger partial charge in [-0.15, -0.1) is 11.3 Å². The summed E-state index contributed by atoms with van der Waals surface area (Å²) in [4.78, 5) is 7.79. The number of furan rings is 1. The van der Waals surface area contributed by atoms with Gasteiger partial charge in [0.15, 0.2) is 5.13 Å². The molecule has 0 aliphatic carbocycles. The first-order chi connectivity index (χ1) is 8.65. The molecule has 0 atom stereocenters. The van der Waals surface area contributed by atoms with E-state index < -0.39 is 0 Å². The highest BCUT2D eigenvalue weighted by Gasteiger charge is 2.09. The Hall–Kier alpha value is -1.33. The third-order valence-electron chi connectivity index (χ3n) is 2.53. The van der Waals surface area contributed by atoms with E-state index in [4.69, 9.17) is 4.42 Å². The van der Waals surface area contributed by atoms with Crippen LogP contribution in [0.25, 0.3) is 0 Å². The molecule has 0 spiro atoms. The molecule has 0 bridgehead atoms. The van der Waals surface area contributed by atoms with Crippen molar-refractivity contribution in [2.45, 2.75) is 33.0 Å². The lowest BCUT2D eigenvalue weighted by molar-refractivity contribution is 0.507. The van der Waals surface area contributed by atoms with E-state index in [1.807, 2.05) is 25.4 Å². The molecular formula is C13H19N3OS. The Balaban J connectivity index is 1.92. The van der Waals surface area contributed by atoms with Crippen molar-refractivity contribution in [1.29, 1.82) is 0 Å². The highest BCUT2D eigenvalue weighted by molar-refractivity contribution is 7.15. The van der Waals surface area contributed by atoms with Crippen LogP contribution in [0.15, 0.2) is 29.0 Å². The number of nitrogens with one attached hydrogen (secondary N) is 1. The molecule has 5 heteroatoms. The van der Waals surface area contributed by atoms with Crippen LogP contribution >= 0.6 is 11.3 Å². The molecule has 0 fully saturated rings. The Bertz CT molecular complexity index is 464. The van der Waals surface area contributed by atoms with Gasteiger partial charge in [-0.2, -0.15) is 0 Å². The quantitative estimate of drug-likeness (QED) is 0.872. The zero-order chi connectivity index (χ0) is 13.0. The van der Waals surface area contributed by atoms with Gasteiger partial charge < -0.3 is 14.6 Å². The second-order valence-corrected chi connectivity index (χ2v) is 5.67. The molecule has 2 rings (SSSR count). The summed E-state index contributed by atoms with van der Waals surface area (Å²) < 4.78 is 5.33. The van der Waals surface area contributed by atoms with Gasteiger partial charge in [0, 0.05) is 30.7 Å². The summed E-state index contributed by atoms with van der Waals surface area (Å²) in [5.41, 5.74) is 0. The number of aromatic nitrogens is 1. The molecule has 0 aliphatic heterocycles. The van der Waals surface area contributed by atoms with Crippen molar-refractivity contribution in [2.75, 3.05) is 11.9 Å². The normalized spacial score (nSPS) is 11.1. The zero-order valence-corrected chi connectivity index (χ0v) is 11.8. The summed E-state index contributed by atoms with van der Waals surface area (Å²) in [7, 11) is 2.03. The third kappa shape index (κ3) is 3.58. The zero-order valence-electron chi connectivity index (χ0n) is 11.0. The Morgan fingerprint density at radius 3 is 3.00 bits per heavy atom. The maximum atomic E-state index is 5.33. The molecule has 0 amide bonds. The van der Waals surface area contributed by atoms with Crippen molar-refractivity contribution in [3.63, 3.8) is 0 Å². The standard InChI is InChI=1S/C13H19N3OS/c1-10(2)14-7-12-8-15-13(18-12)16(3)9-11-5-4-6-17-11/h4-6,8,10,14H,7,9H2,1-3H3. The van der Waals surface area contributed by atoms with Crippen molar-refractivity contribution in [2.24, 2.45) is 0 Å². The Kier molecular flexibility index (Phi) is 4.38. The number of rotatable bonds is 6. The Morgan fingerprint density at radius 1 is 1.50 bits per heavy atom. The molecule has 18 heavy (non-hydrogen) atoms. The van der Waals surface area contributed by atoms with Crippen LogP contribution in [-0.2, 0) is 13.1 Å². The van der Waals surface area contributed by atoms with Gasteiger partial charge in [0.05, 0.1) is 12.8 Å². The molecular weight excluding hydrogens is 246 g/mol. The monoisotopic (exact) mass is 265 g/mol. The van der Waals surface area contributed by atoms with E-state index in [2.05, 4.69) is 29.0 Å². The number of hydrogen-bond acceptors (Lipinski definition) is 5. The highest BCUT2D eigenvalue weighted by Crippen LogP contribution is 2.22. The van der Waals surface area contributed by atoms with E-state index in [1.54, 1.807) is 17.6 Å². The SMILES string of the molecule is CC(C)NCc1cnc(N(C)Cc2ccco2)s1. The van der Waals surface area contributed by atoms with Crippen molar-refractivity contribution in [3.8, 4) is 0 Å². The summed E-state index contributed by atoms with van der Waals surface area (Å²) in [6.07, 6.45) is 3.64. The van der Waals surface area contributed by atoms with Gasteiger partial charge >= 0.3 is 0 Å². The van der Waals surface area contributed by atoms with Crippen LogP contribution in [0.5, 0.6) is 0 Å². The van der Waals surface area contributed by atoms with E-state index in [0.717, 1.165) is 24.0 Å². The van der Waals surface area contributed by atoms with Crippen LogP contribution < -0.4 is 10.2 Å². The number of nitrogens with zero attached hydrogens (tertiary/aromatic N) is 2. The largest absolute Gasteiger partial charge is 0.467 e. The van der Waals surface area contributed by atoms with Gasteiger partial charge in [0.25, 0.3) is 0 Å². The van der Waals surface area contributed by atoms with Gasteiger partial charge in [0.2, 0.25) is 0 Å². The average Bonchev–Trinajstić information content (AvgIpc) is 2.96. The molecule has 98 valence electrons. The maximum absolute atomic E-state index is 5.33. The first-order valence-electron chi connectivity index (χ1n) is 6.06. The van der Waals surface area contributed by atoms with Gasteiger partial charge in [-0.3, -0.25) is 0 Å². The minimum Gasteiger partial charge on any atom is -0.467 e. The van der Waals surface area contributed by atoms with Gasteiger partial charge in [-0.05, 0) is 12.1 Å². The molecule has 0 radical (unpaired) electrons. The van der Waals surface area contributed by atoms with Crippen LogP contribution in [0.1, 0.15) is 24.5 Å². The Labute approximate surface area is 112 Å². The number of anilines is 1. The second kappa shape index (κ2) is 6.02. The maximum Gasteiger partial charge on any atom is 0.185 e. The van der Waals surface area contributed by atoms with Gasteiger partial charge in [0.1, 0.15) is 5.76 Å². The van der Waals surface area contributed by atoms with Gasteiger partial charge in [-0.25, -0.2) is 4.98 Å². The predicted molar refractivity (Wildman–Crippen MR) is 74.9 cm³/mol. The Morgan fingerprint density at radius 2 is 2.33 bits per heavy atom. The van der Waals surface area contributed by atoms with Gasteiger partial charge in [-0.1, -0.05) is 13.8 Å². The molecule has 2 aromatic rings. The first kappa shape index (κ1) is 13.1. The summed E-state index contributed by atoms with van der Waals surface area (Å²) >= 11 is 1.72. The van der Waals surface area contributed by atoms with Crippen LogP contribution in [-0.4, -0.2) is 18.1 Å². The summed E-state index contributed by atoms with van der Waals surface area (Å²) in [6.45, 7) is 5.91. The lowest BCUT2D eigenvalue weighted by Gasteiger charge is -2.13. The van der Waals surface area contributed by atoms with E-state index in [-0.39, 0.29) is 0 Å². The van der Waals surface area contributed by atoms with Crippen molar-refractivity contribution >= 4 is 16.5 Å². The molecule has 1 N–H and O–H groups in total. The van der Waals surface area contributed by atoms with E-state index in [9.17, 15) is 0 Å². The van der Waals surface area contributed by atoms with Crippen LogP contribution in [0.2, 0.25) is 0 Å². The summed E-state index contributed by atoms with van der Waals surface area (Å²) in [5.74, 6) is 0.953. The van der Waals surface area contributed by atoms with Crippen molar-refractivity contribution < 1.29 is 4.42 Å². The molecule has 0 aliphatic rings. The smallest absolute Gasteiger partial charge is 0.185 e. The molecule has 2 heterocycles. The first-order valence-corrected chi connectivity index (χ1v) is 6.88. The van der Waals surface area contributed by atoms with E-state index in [0.29, 0.717) is 6.04 Å². The highest BCUT2D eigenvalue weighted by atomic mass is 32.1. The van der Waals surface area contributed by atoms with Crippen LogP contribution in [0.3, 0.4) is 0 Å². The lowest BCUT2D eigenvalue weighted by Crippen LogP contribution is -2.21. The molecule has 0 saturated heterocycles. The minimum absolute atomic E-state index is 0.497. The van der Waals surface area contributed by atoms with Crippen LogP contribution in [0, 0.1) is 0 Å². The number of thiazole rings is 1. The fourth-order valence-corrected chi connectivity index (χ4v) is 2.39. The molecule has 4 nitrogen and oxygen atoms in total. The molecule has 0 unspecified atom stereocenters. The fourth-order valence-electron chi connectivity index (χ4n) is 1.56. The summed E-state index contributed by atoms with van der Waals surface area (Å²) in [5, 5.41) is 4.41. The molecule has 2 aromatic heterocycles. The van der Waals surface area contributed by atoms with Crippen molar-refractivity contribution in [1.82, 2.24) is 10.3 Å². The molecule has 0 aromatic carbocycles. The lowest BCUT2D eigenvalue weighted by atomic mass is 10.4. The fraction of sp³-hybridized carbons (Fsp3) is 0.462. The topological polar surface area (TPSA) is 41.3 Å². The minimum atomic E-state index is 0.497. The van der Waals surface area contributed by atoms with E-state index >= 15 is 0 Å². The third-order valence-corrected chi connectivity index (χ3v) is 3.64. The molecule has 0 saturated carbocycles. The summed E-state index contributed by atoms with van der Waals surface area (Å²) in [6, 6.07) is 4.38. The second-order valence-electron chi connectivity index (χ2n) is 4.58.